The molecule has 1 aliphatic rings. The average Bonchev–Trinajstić information content (AvgIpc) is 3.36. The fourth-order valence-electron chi connectivity index (χ4n) is 9.61. The van der Waals surface area contributed by atoms with Crippen LogP contribution in [0.2, 0.25) is 0 Å². The third-order valence-electron chi connectivity index (χ3n) is 14.5. The number of amides is 1. The molecule has 1 rings (SSSR count). The quantitative estimate of drug-likeness (QED) is 0.0215. The highest BCUT2D eigenvalue weighted by Gasteiger charge is 2.44. The predicted molar refractivity (Wildman–Crippen MR) is 289 cm³/mol. The monoisotopic (exact) mass is 996 g/mol. The molecule has 1 aliphatic heterocycles. The van der Waals surface area contributed by atoms with E-state index in [1.807, 2.05) is 0 Å². The van der Waals surface area contributed by atoms with Gasteiger partial charge in [-0.3, -0.25) is 4.79 Å². The normalized spacial score (nSPS) is 20.4. The number of unbranched alkanes of at least 4 members (excludes halogenated alkanes) is 35. The van der Waals surface area contributed by atoms with Crippen LogP contribution in [-0.2, 0) is 14.3 Å². The Kier molecular flexibility index (Phi) is 46.2. The maximum atomic E-state index is 13.2. The summed E-state index contributed by atoms with van der Waals surface area (Å²) in [5.74, 6) is -0.704. The van der Waals surface area contributed by atoms with Crippen molar-refractivity contribution in [2.75, 3.05) is 13.2 Å². The van der Waals surface area contributed by atoms with Crippen LogP contribution in [0.5, 0.6) is 0 Å². The van der Waals surface area contributed by atoms with Crippen LogP contribution >= 0.6 is 0 Å². The molecule has 1 amide bonds. The Morgan fingerprint density at radius 2 is 0.843 bits per heavy atom. The molecule has 70 heavy (non-hydrogen) atoms. The molecule has 414 valence electrons. The van der Waals surface area contributed by atoms with Gasteiger partial charge in [0.2, 0.25) is 5.91 Å². The number of aliphatic hydroxyl groups excluding tert-OH is 7. The van der Waals surface area contributed by atoms with Crippen LogP contribution in [0.25, 0.3) is 0 Å². The van der Waals surface area contributed by atoms with Gasteiger partial charge in [-0.1, -0.05) is 237 Å². The summed E-state index contributed by atoms with van der Waals surface area (Å²) in [6, 6.07) is -1.18. The van der Waals surface area contributed by atoms with Gasteiger partial charge in [0.15, 0.2) is 6.29 Å². The van der Waals surface area contributed by atoms with Crippen molar-refractivity contribution in [3.8, 4) is 0 Å². The number of nitrogens with one attached hydrogen (secondary N) is 1. The standard InChI is InChI=1S/C59H113NO10/c1-3-5-7-9-11-13-15-17-19-21-22-23-24-25-26-27-28-29-30-31-33-35-37-39-41-43-45-47-52(63)58(68)60-50(49-69-59-57(67)56(66)55(65)53(48-61)70-59)54(64)51(62)46-44-42-40-38-36-34-32-20-18-16-14-12-10-8-6-4-2/h25-26,38,40,50-57,59,61-67H,3-24,27-37,39,41-49H2,1-2H3,(H,60,68)/b26-25-,40-38+. The SMILES string of the molecule is CCCCCCCCCCCCC/C=C/CCCC(O)C(O)C(COC1OC(CO)C(O)C(O)C1O)NC(=O)C(O)CCCCCCCCCCCCC/C=C\CCCCCCCCCCCCCC. The topological polar surface area (TPSA) is 189 Å². The van der Waals surface area contributed by atoms with Gasteiger partial charge >= 0.3 is 0 Å². The lowest BCUT2D eigenvalue weighted by molar-refractivity contribution is -0.303. The Hall–Kier alpha value is -1.41. The van der Waals surface area contributed by atoms with Gasteiger partial charge in [0.25, 0.3) is 0 Å². The molecule has 0 aromatic rings. The summed E-state index contributed by atoms with van der Waals surface area (Å²) in [5, 5.41) is 76.1. The van der Waals surface area contributed by atoms with Crippen LogP contribution in [0.4, 0.5) is 0 Å². The van der Waals surface area contributed by atoms with Gasteiger partial charge in [-0.25, -0.2) is 0 Å². The minimum absolute atomic E-state index is 0.255. The van der Waals surface area contributed by atoms with Gasteiger partial charge in [-0.15, -0.1) is 0 Å². The fourth-order valence-corrected chi connectivity index (χ4v) is 9.61. The van der Waals surface area contributed by atoms with E-state index >= 15 is 0 Å². The summed E-state index contributed by atoms with van der Waals surface area (Å²) in [4.78, 5) is 13.2. The molecule has 1 heterocycles. The summed E-state index contributed by atoms with van der Waals surface area (Å²) in [6.07, 6.45) is 46.7. The number of allylic oxidation sites excluding steroid dienone is 4. The molecule has 9 unspecified atom stereocenters. The van der Waals surface area contributed by atoms with Crippen LogP contribution in [0.15, 0.2) is 24.3 Å². The molecule has 0 saturated carbocycles. The van der Waals surface area contributed by atoms with Gasteiger partial charge in [0.1, 0.15) is 36.6 Å². The van der Waals surface area contributed by atoms with E-state index in [0.29, 0.717) is 12.8 Å². The number of ether oxygens (including phenoxy) is 2. The Morgan fingerprint density at radius 1 is 0.486 bits per heavy atom. The number of carbonyl (C=O) groups is 1. The van der Waals surface area contributed by atoms with E-state index in [2.05, 4.69) is 43.5 Å². The van der Waals surface area contributed by atoms with Crippen molar-refractivity contribution in [2.45, 2.75) is 332 Å². The highest BCUT2D eigenvalue weighted by atomic mass is 16.7. The Bertz CT molecular complexity index is 1190. The van der Waals surface area contributed by atoms with E-state index < -0.39 is 74.2 Å². The van der Waals surface area contributed by atoms with Crippen LogP contribution < -0.4 is 5.32 Å². The Balaban J connectivity index is 2.28. The highest BCUT2D eigenvalue weighted by molar-refractivity contribution is 5.80. The fraction of sp³-hybridized carbons (Fsp3) is 0.915. The predicted octanol–water partition coefficient (Wildman–Crippen LogP) is 12.5. The van der Waals surface area contributed by atoms with Crippen molar-refractivity contribution in [1.29, 1.82) is 0 Å². The molecule has 0 bridgehead atoms. The summed E-state index contributed by atoms with van der Waals surface area (Å²) in [7, 11) is 0. The molecule has 11 nitrogen and oxygen atoms in total. The lowest BCUT2D eigenvalue weighted by Crippen LogP contribution is -2.60. The van der Waals surface area contributed by atoms with Crippen molar-refractivity contribution in [3.63, 3.8) is 0 Å². The molecule has 1 fully saturated rings. The van der Waals surface area contributed by atoms with Gasteiger partial charge in [-0.05, 0) is 64.2 Å². The van der Waals surface area contributed by atoms with Gasteiger partial charge in [0, 0.05) is 0 Å². The maximum Gasteiger partial charge on any atom is 0.249 e. The Labute approximate surface area is 429 Å². The second-order valence-electron chi connectivity index (χ2n) is 21.1. The lowest BCUT2D eigenvalue weighted by atomic mass is 9.98. The summed E-state index contributed by atoms with van der Waals surface area (Å²) in [5.41, 5.74) is 0. The van der Waals surface area contributed by atoms with E-state index in [9.17, 15) is 40.5 Å². The van der Waals surface area contributed by atoms with Crippen molar-refractivity contribution < 1.29 is 50.0 Å². The van der Waals surface area contributed by atoms with Crippen LogP contribution in [-0.4, -0.2) is 110 Å². The average molecular weight is 997 g/mol. The third kappa shape index (κ3) is 36.5. The minimum atomic E-state index is -1.67. The number of carbonyl (C=O) groups excluding carboxylic acids is 1. The number of rotatable bonds is 51. The molecule has 1 saturated heterocycles. The Morgan fingerprint density at radius 3 is 1.23 bits per heavy atom. The molecule has 0 radical (unpaired) electrons. The minimum Gasteiger partial charge on any atom is -0.394 e. The van der Waals surface area contributed by atoms with Crippen LogP contribution in [0.1, 0.15) is 277 Å². The van der Waals surface area contributed by atoms with Crippen molar-refractivity contribution in [1.82, 2.24) is 5.32 Å². The highest BCUT2D eigenvalue weighted by Crippen LogP contribution is 2.23. The molecule has 0 aliphatic carbocycles. The maximum absolute atomic E-state index is 13.2. The molecule has 11 heteroatoms. The molecule has 9 atom stereocenters. The molecular formula is C59H113NO10. The number of hydrogen-bond donors (Lipinski definition) is 8. The van der Waals surface area contributed by atoms with Gasteiger partial charge < -0.3 is 50.5 Å². The van der Waals surface area contributed by atoms with Crippen molar-refractivity contribution in [3.05, 3.63) is 24.3 Å². The first kappa shape index (κ1) is 66.6. The largest absolute Gasteiger partial charge is 0.394 e. The van der Waals surface area contributed by atoms with E-state index in [0.717, 1.165) is 38.5 Å². The first-order chi connectivity index (χ1) is 34.2. The molecule has 8 N–H and O–H groups in total. The second-order valence-corrected chi connectivity index (χ2v) is 21.1. The zero-order chi connectivity index (χ0) is 51.1. The molecular weight excluding hydrogens is 883 g/mol. The van der Waals surface area contributed by atoms with E-state index in [4.69, 9.17) is 9.47 Å². The van der Waals surface area contributed by atoms with Gasteiger partial charge in [0.05, 0.1) is 25.4 Å². The van der Waals surface area contributed by atoms with Crippen molar-refractivity contribution in [2.24, 2.45) is 0 Å². The summed E-state index contributed by atoms with van der Waals surface area (Å²) < 4.78 is 11.1. The van der Waals surface area contributed by atoms with E-state index in [1.165, 1.54) is 199 Å². The van der Waals surface area contributed by atoms with E-state index in [1.54, 1.807) is 0 Å². The molecule has 0 aromatic heterocycles. The first-order valence-electron chi connectivity index (χ1n) is 29.7. The molecule has 0 aromatic carbocycles. The zero-order valence-electron chi connectivity index (χ0n) is 45.3. The lowest BCUT2D eigenvalue weighted by Gasteiger charge is -2.40. The first-order valence-corrected chi connectivity index (χ1v) is 29.7. The molecule has 0 spiro atoms. The number of aliphatic hydroxyl groups is 7. The van der Waals surface area contributed by atoms with E-state index in [-0.39, 0.29) is 12.8 Å². The smallest absolute Gasteiger partial charge is 0.249 e. The van der Waals surface area contributed by atoms with Crippen molar-refractivity contribution >= 4 is 5.91 Å². The van der Waals surface area contributed by atoms with Gasteiger partial charge in [-0.2, -0.15) is 0 Å². The second kappa shape index (κ2) is 48.5. The zero-order valence-corrected chi connectivity index (χ0v) is 45.3. The number of hydrogen-bond acceptors (Lipinski definition) is 10. The third-order valence-corrected chi connectivity index (χ3v) is 14.5. The summed E-state index contributed by atoms with van der Waals surface area (Å²) in [6.45, 7) is 3.47. The van der Waals surface area contributed by atoms with Crippen LogP contribution in [0, 0.1) is 0 Å². The summed E-state index contributed by atoms with van der Waals surface area (Å²) >= 11 is 0. The van der Waals surface area contributed by atoms with Crippen LogP contribution in [0.3, 0.4) is 0 Å².